The van der Waals surface area contributed by atoms with E-state index in [-0.39, 0.29) is 11.0 Å². The summed E-state index contributed by atoms with van der Waals surface area (Å²) in [7, 11) is 0. The lowest BCUT2D eigenvalue weighted by Crippen LogP contribution is -2.56. The predicted molar refractivity (Wildman–Crippen MR) is 101 cm³/mol. The number of carbonyl (C=O) groups is 1. The van der Waals surface area contributed by atoms with E-state index in [0.717, 1.165) is 56.8 Å². The van der Waals surface area contributed by atoms with Crippen LogP contribution in [0.4, 0.5) is 0 Å². The summed E-state index contributed by atoms with van der Waals surface area (Å²) in [6, 6.07) is 0. The molecule has 0 radical (unpaired) electrons. The van der Waals surface area contributed by atoms with E-state index in [0.29, 0.717) is 23.0 Å². The van der Waals surface area contributed by atoms with Gasteiger partial charge in [0.1, 0.15) is 5.78 Å². The molecule has 0 spiro atoms. The number of aliphatic hydroxyl groups is 1. The van der Waals surface area contributed by atoms with E-state index in [9.17, 15) is 9.90 Å². The van der Waals surface area contributed by atoms with Gasteiger partial charge in [-0.1, -0.05) is 33.6 Å². The molecule has 142 valence electrons. The summed E-state index contributed by atoms with van der Waals surface area (Å²) in [5.41, 5.74) is 0.0226. The first kappa shape index (κ1) is 18.0. The van der Waals surface area contributed by atoms with Gasteiger partial charge in [0, 0.05) is 11.8 Å². The highest BCUT2D eigenvalue weighted by molar-refractivity contribution is 5.87. The van der Waals surface area contributed by atoms with Gasteiger partial charge in [-0.15, -0.1) is 0 Å². The minimum absolute atomic E-state index is 0.000886. The van der Waals surface area contributed by atoms with Crippen molar-refractivity contribution in [1.82, 2.24) is 0 Å². The molecule has 4 aliphatic rings. The van der Waals surface area contributed by atoms with E-state index in [2.05, 4.69) is 20.8 Å². The lowest BCUT2D eigenvalue weighted by Gasteiger charge is -2.61. The van der Waals surface area contributed by atoms with Crippen LogP contribution in [0.1, 0.15) is 97.8 Å². The highest BCUT2D eigenvalue weighted by Crippen LogP contribution is 2.66. The molecule has 0 aromatic rings. The van der Waals surface area contributed by atoms with Crippen molar-refractivity contribution in [3.05, 3.63) is 0 Å². The van der Waals surface area contributed by atoms with E-state index in [1.54, 1.807) is 0 Å². The Kier molecular flexibility index (Phi) is 4.38. The Hall–Kier alpha value is -0.370. The van der Waals surface area contributed by atoms with Crippen molar-refractivity contribution in [3.8, 4) is 0 Å². The normalized spacial score (nSPS) is 52.4. The third-order valence-corrected chi connectivity index (χ3v) is 9.53. The average molecular weight is 347 g/mol. The zero-order chi connectivity index (χ0) is 17.9. The van der Waals surface area contributed by atoms with Crippen molar-refractivity contribution >= 4 is 5.78 Å². The van der Waals surface area contributed by atoms with E-state index in [1.165, 1.54) is 32.1 Å². The molecular weight excluding hydrogens is 308 g/mol. The van der Waals surface area contributed by atoms with Crippen LogP contribution in [0.5, 0.6) is 0 Å². The molecular formula is C23H38O2. The van der Waals surface area contributed by atoms with Gasteiger partial charge < -0.3 is 5.11 Å². The number of hydrogen-bond donors (Lipinski definition) is 1. The Morgan fingerprint density at radius 2 is 1.84 bits per heavy atom. The average Bonchev–Trinajstić information content (AvgIpc) is 2.89. The third-order valence-electron chi connectivity index (χ3n) is 9.53. The second-order valence-corrected chi connectivity index (χ2v) is 10.6. The topological polar surface area (TPSA) is 37.3 Å². The van der Waals surface area contributed by atoms with Gasteiger partial charge >= 0.3 is 0 Å². The molecule has 4 aliphatic carbocycles. The lowest BCUT2D eigenvalue weighted by atomic mass is 9.44. The SMILES string of the molecule is CCCC[C@@]1(O)CC[C@@]2(C)C(CC[C@@H]3[C@@H]2CC[C@]2(C)C(=O)CC[C@@H]32)C1. The Labute approximate surface area is 154 Å². The number of hydrogen-bond acceptors (Lipinski definition) is 2. The summed E-state index contributed by atoms with van der Waals surface area (Å²) in [6.45, 7) is 7.05. The number of ketones is 1. The Morgan fingerprint density at radius 1 is 1.04 bits per heavy atom. The molecule has 4 rings (SSSR count). The molecule has 4 fully saturated rings. The van der Waals surface area contributed by atoms with Gasteiger partial charge in [0.05, 0.1) is 5.60 Å². The number of carbonyl (C=O) groups excluding carboxylic acids is 1. The fraction of sp³-hybridized carbons (Fsp3) is 0.957. The molecule has 7 atom stereocenters. The van der Waals surface area contributed by atoms with Crippen LogP contribution >= 0.6 is 0 Å². The zero-order valence-corrected chi connectivity index (χ0v) is 16.7. The maximum atomic E-state index is 12.5. The summed E-state index contributed by atoms with van der Waals surface area (Å²) < 4.78 is 0. The number of rotatable bonds is 3. The van der Waals surface area contributed by atoms with Crippen molar-refractivity contribution in [2.45, 2.75) is 103 Å². The number of unbranched alkanes of at least 4 members (excludes halogenated alkanes) is 1. The van der Waals surface area contributed by atoms with E-state index in [4.69, 9.17) is 0 Å². The molecule has 4 saturated carbocycles. The molecule has 1 N–H and O–H groups in total. The van der Waals surface area contributed by atoms with Crippen molar-refractivity contribution in [2.24, 2.45) is 34.5 Å². The lowest BCUT2D eigenvalue weighted by molar-refractivity contribution is -0.155. The maximum absolute atomic E-state index is 12.5. The summed E-state index contributed by atoms with van der Waals surface area (Å²) in [6.07, 6.45) is 13.5. The van der Waals surface area contributed by atoms with Crippen LogP contribution in [0.2, 0.25) is 0 Å². The molecule has 0 heterocycles. The quantitative estimate of drug-likeness (QED) is 0.730. The van der Waals surface area contributed by atoms with Crippen LogP contribution in [0.3, 0.4) is 0 Å². The molecule has 0 saturated heterocycles. The summed E-state index contributed by atoms with van der Waals surface area (Å²) in [5, 5.41) is 11.1. The molecule has 1 unspecified atom stereocenters. The van der Waals surface area contributed by atoms with Gasteiger partial charge in [0.25, 0.3) is 0 Å². The van der Waals surface area contributed by atoms with E-state index in [1.807, 2.05) is 0 Å². The standard InChI is InChI=1S/C23H38O2/c1-4-5-11-23(25)14-13-21(2)16(15-23)6-7-17-18-8-9-20(24)22(18,3)12-10-19(17)21/h16-19,25H,4-15H2,1-3H3/t16?,17-,18-,19-,21-,22-,23+/m0/s1. The van der Waals surface area contributed by atoms with Crippen LogP contribution in [0, 0.1) is 34.5 Å². The molecule has 25 heavy (non-hydrogen) atoms. The first-order valence-electron chi connectivity index (χ1n) is 11.1. The van der Waals surface area contributed by atoms with Crippen molar-refractivity contribution < 1.29 is 9.90 Å². The second kappa shape index (κ2) is 6.08. The van der Waals surface area contributed by atoms with Gasteiger partial charge in [0.15, 0.2) is 0 Å². The predicted octanol–water partition coefficient (Wildman–Crippen LogP) is 5.52. The number of Topliss-reactive ketones (excluding diaryl/α,β-unsaturated/α-hetero) is 1. The second-order valence-electron chi connectivity index (χ2n) is 10.6. The molecule has 2 heteroatoms. The highest BCUT2D eigenvalue weighted by atomic mass is 16.3. The maximum Gasteiger partial charge on any atom is 0.139 e. The smallest absolute Gasteiger partial charge is 0.139 e. The molecule has 0 aliphatic heterocycles. The minimum Gasteiger partial charge on any atom is -0.390 e. The molecule has 0 bridgehead atoms. The molecule has 2 nitrogen and oxygen atoms in total. The van der Waals surface area contributed by atoms with Crippen molar-refractivity contribution in [3.63, 3.8) is 0 Å². The Balaban J connectivity index is 1.54. The van der Waals surface area contributed by atoms with Crippen molar-refractivity contribution in [2.75, 3.05) is 0 Å². The van der Waals surface area contributed by atoms with Crippen LogP contribution in [0.15, 0.2) is 0 Å². The Morgan fingerprint density at radius 3 is 2.60 bits per heavy atom. The molecule has 0 aromatic heterocycles. The van der Waals surface area contributed by atoms with Gasteiger partial charge in [-0.05, 0) is 86.9 Å². The fourth-order valence-electron chi connectivity index (χ4n) is 7.83. The minimum atomic E-state index is -0.389. The highest BCUT2D eigenvalue weighted by Gasteiger charge is 2.61. The van der Waals surface area contributed by atoms with E-state index < -0.39 is 0 Å². The van der Waals surface area contributed by atoms with Crippen LogP contribution in [0.25, 0.3) is 0 Å². The van der Waals surface area contributed by atoms with Gasteiger partial charge in [-0.25, -0.2) is 0 Å². The zero-order valence-electron chi connectivity index (χ0n) is 16.7. The summed E-state index contributed by atoms with van der Waals surface area (Å²) >= 11 is 0. The van der Waals surface area contributed by atoms with Gasteiger partial charge in [-0.3, -0.25) is 4.79 Å². The summed E-state index contributed by atoms with van der Waals surface area (Å²) in [5.74, 6) is 3.48. The molecule has 0 amide bonds. The van der Waals surface area contributed by atoms with E-state index >= 15 is 0 Å². The van der Waals surface area contributed by atoms with Crippen LogP contribution in [-0.4, -0.2) is 16.5 Å². The van der Waals surface area contributed by atoms with Crippen LogP contribution in [-0.2, 0) is 4.79 Å². The van der Waals surface area contributed by atoms with Gasteiger partial charge in [0.2, 0.25) is 0 Å². The monoisotopic (exact) mass is 346 g/mol. The third kappa shape index (κ3) is 2.65. The first-order chi connectivity index (χ1) is 11.8. The number of fused-ring (bicyclic) bond motifs is 5. The largest absolute Gasteiger partial charge is 0.390 e. The molecule has 0 aromatic carbocycles. The summed E-state index contributed by atoms with van der Waals surface area (Å²) in [4.78, 5) is 12.5. The van der Waals surface area contributed by atoms with Gasteiger partial charge in [-0.2, -0.15) is 0 Å². The van der Waals surface area contributed by atoms with Crippen molar-refractivity contribution in [1.29, 1.82) is 0 Å². The van der Waals surface area contributed by atoms with Crippen LogP contribution < -0.4 is 0 Å². The Bertz CT molecular complexity index is 542. The fourth-order valence-corrected chi connectivity index (χ4v) is 7.83. The first-order valence-corrected chi connectivity index (χ1v) is 11.1.